The molecule has 1 N–H and O–H groups in total. The van der Waals surface area contributed by atoms with Gasteiger partial charge in [-0.05, 0) is 30.3 Å². The number of anilines is 1. The van der Waals surface area contributed by atoms with Gasteiger partial charge in [0.1, 0.15) is 5.75 Å². The van der Waals surface area contributed by atoms with Crippen molar-refractivity contribution in [2.24, 2.45) is 0 Å². The van der Waals surface area contributed by atoms with Gasteiger partial charge in [0, 0.05) is 10.4 Å². The summed E-state index contributed by atoms with van der Waals surface area (Å²) in [4.78, 5) is 16.7. The number of ether oxygens (including phenoxy) is 1. The van der Waals surface area contributed by atoms with Gasteiger partial charge in [0.05, 0.1) is 29.1 Å². The van der Waals surface area contributed by atoms with Gasteiger partial charge < -0.3 is 10.1 Å². The zero-order valence-corrected chi connectivity index (χ0v) is 14.5. The van der Waals surface area contributed by atoms with E-state index in [4.69, 9.17) is 16.3 Å². The number of halogens is 1. The number of methoxy groups -OCH3 is 1. The number of nitrogens with zero attached hydrogens (tertiary/aromatic N) is 1. The molecule has 0 saturated heterocycles. The van der Waals surface area contributed by atoms with Crippen LogP contribution >= 0.6 is 23.4 Å². The molecule has 122 valence electrons. The second-order valence-corrected chi connectivity index (χ2v) is 6.46. The highest BCUT2D eigenvalue weighted by Gasteiger charge is 2.09. The minimum absolute atomic E-state index is 0.143. The van der Waals surface area contributed by atoms with Gasteiger partial charge >= 0.3 is 0 Å². The van der Waals surface area contributed by atoms with Gasteiger partial charge in [-0.25, -0.2) is 4.98 Å². The Morgan fingerprint density at radius 3 is 2.88 bits per heavy atom. The lowest BCUT2D eigenvalue weighted by molar-refractivity contribution is -0.113. The number of rotatable bonds is 5. The van der Waals surface area contributed by atoms with E-state index >= 15 is 0 Å². The average Bonchev–Trinajstić information content (AvgIpc) is 2.60. The van der Waals surface area contributed by atoms with E-state index in [-0.39, 0.29) is 11.7 Å². The van der Waals surface area contributed by atoms with Crippen molar-refractivity contribution >= 4 is 45.9 Å². The molecule has 24 heavy (non-hydrogen) atoms. The highest BCUT2D eigenvalue weighted by molar-refractivity contribution is 7.99. The summed E-state index contributed by atoms with van der Waals surface area (Å²) in [6, 6.07) is 16.9. The van der Waals surface area contributed by atoms with Crippen LogP contribution in [-0.2, 0) is 4.79 Å². The van der Waals surface area contributed by atoms with E-state index in [0.717, 1.165) is 15.9 Å². The molecule has 1 aromatic heterocycles. The lowest BCUT2D eigenvalue weighted by atomic mass is 10.2. The third-order valence-corrected chi connectivity index (χ3v) is 4.52. The molecule has 0 aliphatic carbocycles. The van der Waals surface area contributed by atoms with Gasteiger partial charge in [0.2, 0.25) is 5.91 Å². The molecule has 4 nitrogen and oxygen atoms in total. The number of carbonyl (C=O) groups is 1. The van der Waals surface area contributed by atoms with Crippen LogP contribution in [0.5, 0.6) is 5.75 Å². The number of fused-ring (bicyclic) bond motifs is 1. The monoisotopic (exact) mass is 358 g/mol. The molecule has 6 heteroatoms. The molecule has 0 radical (unpaired) electrons. The minimum Gasteiger partial charge on any atom is -0.495 e. The van der Waals surface area contributed by atoms with Crippen LogP contribution in [0, 0.1) is 0 Å². The zero-order valence-electron chi connectivity index (χ0n) is 13.0. The summed E-state index contributed by atoms with van der Waals surface area (Å²) in [5.74, 6) is 0.679. The largest absolute Gasteiger partial charge is 0.495 e. The fourth-order valence-electron chi connectivity index (χ4n) is 2.23. The highest BCUT2D eigenvalue weighted by Crippen LogP contribution is 2.28. The Bertz CT molecular complexity index is 886. The molecule has 0 atom stereocenters. The van der Waals surface area contributed by atoms with Crippen molar-refractivity contribution in [2.75, 3.05) is 18.2 Å². The van der Waals surface area contributed by atoms with Crippen LogP contribution in [0.25, 0.3) is 10.9 Å². The van der Waals surface area contributed by atoms with E-state index in [1.165, 1.54) is 11.8 Å². The first-order valence-electron chi connectivity index (χ1n) is 7.28. The fraction of sp³-hybridized carbons (Fsp3) is 0.111. The van der Waals surface area contributed by atoms with Crippen molar-refractivity contribution in [3.63, 3.8) is 0 Å². The molecular weight excluding hydrogens is 344 g/mol. The minimum atomic E-state index is -0.143. The summed E-state index contributed by atoms with van der Waals surface area (Å²) in [5.41, 5.74) is 1.47. The van der Waals surface area contributed by atoms with Crippen LogP contribution < -0.4 is 10.1 Å². The smallest absolute Gasteiger partial charge is 0.234 e. The average molecular weight is 359 g/mol. The SMILES string of the molecule is COc1ccc(Cl)cc1NC(=O)CSc1ccc2ccccc2n1. The van der Waals surface area contributed by atoms with Crippen LogP contribution in [0.4, 0.5) is 5.69 Å². The molecule has 0 aliphatic rings. The molecule has 1 amide bonds. The predicted molar refractivity (Wildman–Crippen MR) is 99.1 cm³/mol. The number of aromatic nitrogens is 1. The van der Waals surface area contributed by atoms with Crippen LogP contribution in [0.1, 0.15) is 0 Å². The predicted octanol–water partition coefficient (Wildman–Crippen LogP) is 4.63. The number of hydrogen-bond donors (Lipinski definition) is 1. The number of thioether (sulfide) groups is 1. The van der Waals surface area contributed by atoms with Crippen molar-refractivity contribution in [3.05, 3.63) is 59.6 Å². The molecule has 2 aromatic carbocycles. The third kappa shape index (κ3) is 3.99. The summed E-state index contributed by atoms with van der Waals surface area (Å²) in [6.07, 6.45) is 0. The molecule has 0 spiro atoms. The Morgan fingerprint density at radius 1 is 1.21 bits per heavy atom. The van der Waals surface area contributed by atoms with Crippen LogP contribution in [0.3, 0.4) is 0 Å². The summed E-state index contributed by atoms with van der Waals surface area (Å²) in [5, 5.41) is 5.24. The Kier molecular flexibility index (Phi) is 5.23. The molecule has 0 unspecified atom stereocenters. The number of amides is 1. The second-order valence-electron chi connectivity index (χ2n) is 5.02. The van der Waals surface area contributed by atoms with Crippen LogP contribution in [0.2, 0.25) is 5.02 Å². The molecule has 0 saturated carbocycles. The van der Waals surface area contributed by atoms with E-state index in [2.05, 4.69) is 10.3 Å². The molecule has 1 heterocycles. The van der Waals surface area contributed by atoms with Crippen molar-refractivity contribution in [1.82, 2.24) is 4.98 Å². The number of nitrogens with one attached hydrogen (secondary N) is 1. The first kappa shape index (κ1) is 16.6. The van der Waals surface area contributed by atoms with E-state index < -0.39 is 0 Å². The zero-order chi connectivity index (χ0) is 16.9. The van der Waals surface area contributed by atoms with Gasteiger partial charge in [-0.2, -0.15) is 0 Å². The van der Waals surface area contributed by atoms with Gasteiger partial charge in [0.25, 0.3) is 0 Å². The molecular formula is C18H15ClN2O2S. The van der Waals surface area contributed by atoms with Crippen molar-refractivity contribution in [1.29, 1.82) is 0 Å². The van der Waals surface area contributed by atoms with E-state index in [0.29, 0.717) is 16.5 Å². The summed E-state index contributed by atoms with van der Waals surface area (Å²) >= 11 is 7.35. The number of carbonyl (C=O) groups excluding carboxylic acids is 1. The van der Waals surface area contributed by atoms with Crippen LogP contribution in [-0.4, -0.2) is 23.8 Å². The van der Waals surface area contributed by atoms with E-state index in [9.17, 15) is 4.79 Å². The Balaban J connectivity index is 1.65. The summed E-state index contributed by atoms with van der Waals surface area (Å²) in [6.45, 7) is 0. The topological polar surface area (TPSA) is 51.2 Å². The molecule has 3 rings (SSSR count). The number of hydrogen-bond acceptors (Lipinski definition) is 4. The summed E-state index contributed by atoms with van der Waals surface area (Å²) < 4.78 is 5.22. The van der Waals surface area contributed by atoms with E-state index in [1.54, 1.807) is 25.3 Å². The fourth-order valence-corrected chi connectivity index (χ4v) is 3.08. The van der Waals surface area contributed by atoms with Crippen LogP contribution in [0.15, 0.2) is 59.6 Å². The first-order chi connectivity index (χ1) is 11.7. The Hall–Kier alpha value is -2.24. The molecule has 0 fully saturated rings. The molecule has 0 bridgehead atoms. The molecule has 3 aromatic rings. The first-order valence-corrected chi connectivity index (χ1v) is 8.64. The van der Waals surface area contributed by atoms with E-state index in [1.807, 2.05) is 36.4 Å². The quantitative estimate of drug-likeness (QED) is 0.676. The van der Waals surface area contributed by atoms with Gasteiger partial charge in [-0.15, -0.1) is 0 Å². The second kappa shape index (κ2) is 7.55. The third-order valence-electron chi connectivity index (χ3n) is 3.36. The number of para-hydroxylation sites is 1. The Morgan fingerprint density at radius 2 is 2.04 bits per heavy atom. The standard InChI is InChI=1S/C18H15ClN2O2S/c1-23-16-8-7-13(19)10-15(16)20-17(22)11-24-18-9-6-12-4-2-3-5-14(12)21-18/h2-10H,11H2,1H3,(H,20,22). The van der Waals surface area contributed by atoms with Crippen molar-refractivity contribution in [3.8, 4) is 5.75 Å². The maximum Gasteiger partial charge on any atom is 0.234 e. The van der Waals surface area contributed by atoms with Gasteiger partial charge in [0.15, 0.2) is 0 Å². The number of pyridine rings is 1. The lowest BCUT2D eigenvalue weighted by Gasteiger charge is -2.10. The Labute approximate surface area is 149 Å². The maximum atomic E-state index is 12.2. The van der Waals surface area contributed by atoms with Crippen molar-refractivity contribution < 1.29 is 9.53 Å². The maximum absolute atomic E-state index is 12.2. The molecule has 0 aliphatic heterocycles. The normalized spacial score (nSPS) is 10.6. The van der Waals surface area contributed by atoms with Crippen molar-refractivity contribution in [2.45, 2.75) is 5.03 Å². The van der Waals surface area contributed by atoms with Gasteiger partial charge in [-0.1, -0.05) is 47.6 Å². The number of benzene rings is 2. The lowest BCUT2D eigenvalue weighted by Crippen LogP contribution is -2.14. The highest BCUT2D eigenvalue weighted by atomic mass is 35.5. The van der Waals surface area contributed by atoms with Gasteiger partial charge in [-0.3, -0.25) is 4.79 Å². The summed E-state index contributed by atoms with van der Waals surface area (Å²) in [7, 11) is 1.55.